The lowest BCUT2D eigenvalue weighted by molar-refractivity contribution is -0.143. The molecule has 0 aliphatic heterocycles. The lowest BCUT2D eigenvalue weighted by Crippen LogP contribution is -2.50. The van der Waals surface area contributed by atoms with E-state index in [1.807, 2.05) is 39.0 Å². The van der Waals surface area contributed by atoms with Gasteiger partial charge in [0.15, 0.2) is 6.61 Å². The van der Waals surface area contributed by atoms with E-state index in [4.69, 9.17) is 27.9 Å². The average Bonchev–Trinajstić information content (AvgIpc) is 2.76. The number of benzene rings is 2. The predicted octanol–water partition coefficient (Wildman–Crippen LogP) is 5.71. The highest BCUT2D eigenvalue weighted by molar-refractivity contribution is 6.42. The van der Waals surface area contributed by atoms with Gasteiger partial charge in [-0.2, -0.15) is 0 Å². The molecule has 2 amide bonds. The van der Waals surface area contributed by atoms with Crippen molar-refractivity contribution in [3.8, 4) is 5.75 Å². The van der Waals surface area contributed by atoms with Gasteiger partial charge in [-0.15, -0.1) is 0 Å². The van der Waals surface area contributed by atoms with Gasteiger partial charge < -0.3 is 15.0 Å². The van der Waals surface area contributed by atoms with Crippen molar-refractivity contribution >= 4 is 35.0 Å². The summed E-state index contributed by atoms with van der Waals surface area (Å²) in [5.74, 6) is 0.184. The van der Waals surface area contributed by atoms with Crippen LogP contribution in [0.2, 0.25) is 10.0 Å². The smallest absolute Gasteiger partial charge is 0.261 e. The minimum Gasteiger partial charge on any atom is -0.484 e. The Labute approximate surface area is 201 Å². The summed E-state index contributed by atoms with van der Waals surface area (Å²) in [5.41, 5.74) is 3.03. The summed E-state index contributed by atoms with van der Waals surface area (Å²) in [6, 6.07) is 10.3. The van der Waals surface area contributed by atoms with E-state index in [9.17, 15) is 9.59 Å². The quantitative estimate of drug-likeness (QED) is 0.420. The molecule has 32 heavy (non-hydrogen) atoms. The van der Waals surface area contributed by atoms with Gasteiger partial charge in [-0.25, -0.2) is 0 Å². The van der Waals surface area contributed by atoms with Crippen molar-refractivity contribution in [1.29, 1.82) is 0 Å². The zero-order chi connectivity index (χ0) is 23.7. The molecule has 0 aliphatic carbocycles. The van der Waals surface area contributed by atoms with E-state index >= 15 is 0 Å². The maximum absolute atomic E-state index is 13.2. The molecule has 0 spiro atoms. The van der Waals surface area contributed by atoms with Crippen LogP contribution >= 0.6 is 23.2 Å². The van der Waals surface area contributed by atoms with E-state index in [2.05, 4.69) is 12.2 Å². The fraction of sp³-hybridized carbons (Fsp3) is 0.440. The molecule has 0 unspecified atom stereocenters. The molecule has 174 valence electrons. The van der Waals surface area contributed by atoms with Crippen molar-refractivity contribution in [3.63, 3.8) is 0 Å². The highest BCUT2D eigenvalue weighted by Gasteiger charge is 2.29. The van der Waals surface area contributed by atoms with Crippen LogP contribution in [0.1, 0.15) is 49.8 Å². The minimum absolute atomic E-state index is 0.164. The minimum atomic E-state index is -0.614. The third-order valence-corrected chi connectivity index (χ3v) is 6.13. The maximum Gasteiger partial charge on any atom is 0.261 e. The summed E-state index contributed by atoms with van der Waals surface area (Å²) < 4.78 is 5.77. The molecule has 0 fully saturated rings. The standard InChI is InChI=1S/C25H32Cl2N2O3/c1-5-7-12-28-25(31)23(6-2)29(15-19-9-11-21(26)22(27)14-19)24(30)16-32-20-10-8-17(3)18(4)13-20/h8-11,13-14,23H,5-7,12,15-16H2,1-4H3,(H,28,31)/t23-/m0/s1. The van der Waals surface area contributed by atoms with Crippen LogP contribution in [-0.2, 0) is 16.1 Å². The number of amides is 2. The first-order valence-electron chi connectivity index (χ1n) is 11.0. The molecule has 0 aromatic heterocycles. The van der Waals surface area contributed by atoms with Gasteiger partial charge in [0.25, 0.3) is 5.91 Å². The molecule has 2 aromatic carbocycles. The van der Waals surface area contributed by atoms with Crippen LogP contribution in [0, 0.1) is 13.8 Å². The number of nitrogens with zero attached hydrogens (tertiary/aromatic N) is 1. The largest absolute Gasteiger partial charge is 0.484 e. The fourth-order valence-corrected chi connectivity index (χ4v) is 3.61. The van der Waals surface area contributed by atoms with Crippen molar-refractivity contribution in [1.82, 2.24) is 10.2 Å². The summed E-state index contributed by atoms with van der Waals surface area (Å²) in [5, 5.41) is 3.79. The van der Waals surface area contributed by atoms with E-state index < -0.39 is 6.04 Å². The Morgan fingerprint density at radius 3 is 2.41 bits per heavy atom. The number of carbonyl (C=O) groups excluding carboxylic acids is 2. The number of carbonyl (C=O) groups is 2. The Hall–Kier alpha value is -2.24. The van der Waals surface area contributed by atoms with E-state index in [-0.39, 0.29) is 25.0 Å². The molecule has 2 aromatic rings. The van der Waals surface area contributed by atoms with Crippen LogP contribution in [0.3, 0.4) is 0 Å². The number of nitrogens with one attached hydrogen (secondary N) is 1. The van der Waals surface area contributed by atoms with E-state index in [1.54, 1.807) is 23.1 Å². The Bertz CT molecular complexity index is 933. The lowest BCUT2D eigenvalue weighted by atomic mass is 10.1. The second-order valence-electron chi connectivity index (χ2n) is 7.87. The van der Waals surface area contributed by atoms with Crippen LogP contribution in [0.4, 0.5) is 0 Å². The van der Waals surface area contributed by atoms with Gasteiger partial charge in [0.2, 0.25) is 5.91 Å². The number of halogens is 2. The van der Waals surface area contributed by atoms with Crippen molar-refractivity contribution < 1.29 is 14.3 Å². The van der Waals surface area contributed by atoms with Gasteiger partial charge in [0, 0.05) is 13.1 Å². The Kier molecular flexibility index (Phi) is 10.3. The lowest BCUT2D eigenvalue weighted by Gasteiger charge is -2.30. The first-order valence-corrected chi connectivity index (χ1v) is 11.7. The van der Waals surface area contributed by atoms with Crippen molar-refractivity contribution in [2.75, 3.05) is 13.2 Å². The van der Waals surface area contributed by atoms with Gasteiger partial charge in [0.1, 0.15) is 11.8 Å². The summed E-state index contributed by atoms with van der Waals surface area (Å²) in [6.07, 6.45) is 2.35. The summed E-state index contributed by atoms with van der Waals surface area (Å²) in [4.78, 5) is 27.6. The molecule has 0 saturated heterocycles. The molecule has 0 saturated carbocycles. The van der Waals surface area contributed by atoms with Crippen LogP contribution in [0.25, 0.3) is 0 Å². The van der Waals surface area contributed by atoms with Gasteiger partial charge in [-0.05, 0) is 67.6 Å². The molecular formula is C25H32Cl2N2O3. The highest BCUT2D eigenvalue weighted by atomic mass is 35.5. The number of ether oxygens (including phenoxy) is 1. The molecular weight excluding hydrogens is 447 g/mol. The van der Waals surface area contributed by atoms with E-state index in [0.717, 1.165) is 29.5 Å². The molecule has 2 rings (SSSR count). The zero-order valence-electron chi connectivity index (χ0n) is 19.2. The zero-order valence-corrected chi connectivity index (χ0v) is 20.7. The molecule has 1 N–H and O–H groups in total. The summed E-state index contributed by atoms with van der Waals surface area (Å²) in [7, 11) is 0. The Balaban J connectivity index is 2.21. The van der Waals surface area contributed by atoms with Crippen LogP contribution in [0.5, 0.6) is 5.75 Å². The fourth-order valence-electron chi connectivity index (χ4n) is 3.29. The van der Waals surface area contributed by atoms with Crippen molar-refractivity contribution in [2.24, 2.45) is 0 Å². The number of hydrogen-bond donors (Lipinski definition) is 1. The van der Waals surface area contributed by atoms with E-state index in [1.165, 1.54) is 0 Å². The topological polar surface area (TPSA) is 58.6 Å². The number of unbranched alkanes of at least 4 members (excludes halogenated alkanes) is 1. The first kappa shape index (κ1) is 26.0. The first-order chi connectivity index (χ1) is 15.3. The van der Waals surface area contributed by atoms with Gasteiger partial charge in [-0.1, -0.05) is 55.6 Å². The number of rotatable bonds is 11. The summed E-state index contributed by atoms with van der Waals surface area (Å²) >= 11 is 12.2. The Morgan fingerprint density at radius 1 is 1.03 bits per heavy atom. The Morgan fingerprint density at radius 2 is 1.78 bits per heavy atom. The van der Waals surface area contributed by atoms with Crippen molar-refractivity contribution in [2.45, 2.75) is 59.5 Å². The average molecular weight is 479 g/mol. The molecule has 1 atom stereocenters. The van der Waals surface area contributed by atoms with Crippen molar-refractivity contribution in [3.05, 3.63) is 63.1 Å². The molecule has 0 bridgehead atoms. The molecule has 0 radical (unpaired) electrons. The van der Waals surface area contributed by atoms with Crippen LogP contribution in [0.15, 0.2) is 36.4 Å². The second-order valence-corrected chi connectivity index (χ2v) is 8.69. The van der Waals surface area contributed by atoms with Gasteiger partial charge >= 0.3 is 0 Å². The maximum atomic E-state index is 13.2. The SMILES string of the molecule is CCCCNC(=O)[C@H](CC)N(Cc1ccc(Cl)c(Cl)c1)C(=O)COc1ccc(C)c(C)c1. The van der Waals surface area contributed by atoms with Crippen LogP contribution in [-0.4, -0.2) is 35.9 Å². The van der Waals surface area contributed by atoms with E-state index in [0.29, 0.717) is 28.8 Å². The van der Waals surface area contributed by atoms with Gasteiger partial charge in [0.05, 0.1) is 10.0 Å². The number of hydrogen-bond acceptors (Lipinski definition) is 3. The molecule has 5 nitrogen and oxygen atoms in total. The second kappa shape index (κ2) is 12.7. The summed E-state index contributed by atoms with van der Waals surface area (Å²) in [6.45, 7) is 8.62. The normalized spacial score (nSPS) is 11.7. The molecule has 7 heteroatoms. The third kappa shape index (κ3) is 7.42. The third-order valence-electron chi connectivity index (χ3n) is 5.39. The highest BCUT2D eigenvalue weighted by Crippen LogP contribution is 2.24. The van der Waals surface area contributed by atoms with Gasteiger partial charge in [-0.3, -0.25) is 9.59 Å². The predicted molar refractivity (Wildman–Crippen MR) is 130 cm³/mol. The monoisotopic (exact) mass is 478 g/mol. The molecule has 0 heterocycles. The number of aryl methyl sites for hydroxylation is 2. The van der Waals surface area contributed by atoms with Crippen LogP contribution < -0.4 is 10.1 Å². The molecule has 0 aliphatic rings.